The number of nitrogens with zero attached hydrogens (tertiary/aromatic N) is 3. The molecule has 1 saturated carbocycles. The lowest BCUT2D eigenvalue weighted by Gasteiger charge is -2.51. The van der Waals surface area contributed by atoms with Crippen LogP contribution in [-0.4, -0.2) is 16.8 Å². The second-order valence-corrected chi connectivity index (χ2v) is 24.3. The van der Waals surface area contributed by atoms with Crippen molar-refractivity contribution < 1.29 is 4.42 Å². The fraction of sp³-hybridized carbons (Fsp3) is 0.333. The average Bonchev–Trinajstić information content (AvgIpc) is 4.00. The predicted octanol–water partition coefficient (Wildman–Crippen LogP) is 12.7. The fourth-order valence-corrected chi connectivity index (χ4v) is 14.6. The summed E-state index contributed by atoms with van der Waals surface area (Å²) in [5, 5.41) is 3.81. The Hall–Kier alpha value is -6.20. The third kappa shape index (κ3) is 4.98. The molecule has 2 atom stereocenters. The van der Waals surface area contributed by atoms with Crippen molar-refractivity contribution in [1.82, 2.24) is 4.57 Å². The molecule has 6 aliphatic rings. The van der Waals surface area contributed by atoms with Crippen molar-refractivity contribution in [2.75, 3.05) is 9.80 Å². The first kappa shape index (κ1) is 40.8. The van der Waals surface area contributed by atoms with Gasteiger partial charge in [0, 0.05) is 72.0 Å². The van der Waals surface area contributed by atoms with Gasteiger partial charge in [-0.1, -0.05) is 160 Å². The van der Waals surface area contributed by atoms with Gasteiger partial charge in [-0.25, -0.2) is 0 Å². The van der Waals surface area contributed by atoms with Gasteiger partial charge in [0.15, 0.2) is 0 Å². The van der Waals surface area contributed by atoms with Crippen molar-refractivity contribution >= 4 is 79.5 Å². The number of para-hydroxylation sites is 2. The molecule has 0 N–H and O–H groups in total. The third-order valence-electron chi connectivity index (χ3n) is 18.3. The summed E-state index contributed by atoms with van der Waals surface area (Å²) >= 11 is 0. The minimum absolute atomic E-state index is 0.0124. The van der Waals surface area contributed by atoms with Crippen LogP contribution in [0.4, 0.5) is 22.7 Å². The Morgan fingerprint density at radius 3 is 2.18 bits per heavy atom. The van der Waals surface area contributed by atoms with Crippen LogP contribution >= 0.6 is 0 Å². The van der Waals surface area contributed by atoms with Crippen molar-refractivity contribution in [1.29, 1.82) is 0 Å². The predicted molar refractivity (Wildman–Crippen MR) is 287 cm³/mol. The maximum atomic E-state index is 6.77. The highest BCUT2D eigenvalue weighted by molar-refractivity contribution is 7.00. The van der Waals surface area contributed by atoms with Gasteiger partial charge < -0.3 is 18.8 Å². The van der Waals surface area contributed by atoms with Crippen molar-refractivity contribution in [2.45, 2.75) is 135 Å². The molecule has 2 unspecified atom stereocenters. The smallest absolute Gasteiger partial charge is 0.252 e. The van der Waals surface area contributed by atoms with Gasteiger partial charge in [0.25, 0.3) is 6.71 Å². The van der Waals surface area contributed by atoms with Gasteiger partial charge in [-0.2, -0.15) is 0 Å². The van der Waals surface area contributed by atoms with E-state index in [4.69, 9.17) is 4.42 Å². The molecule has 68 heavy (non-hydrogen) atoms. The van der Waals surface area contributed by atoms with Crippen LogP contribution in [0.25, 0.3) is 50.6 Å². The molecule has 6 aromatic carbocycles. The lowest BCUT2D eigenvalue weighted by molar-refractivity contribution is 0.195. The van der Waals surface area contributed by atoms with Crippen molar-refractivity contribution in [3.8, 4) is 16.9 Å². The average molecular weight is 888 g/mol. The molecule has 4 nitrogen and oxygen atoms in total. The first-order valence-electron chi connectivity index (χ1n) is 25.6. The van der Waals surface area contributed by atoms with Crippen molar-refractivity contribution in [3.05, 3.63) is 154 Å². The number of anilines is 4. The van der Waals surface area contributed by atoms with Gasteiger partial charge in [-0.05, 0) is 124 Å². The summed E-state index contributed by atoms with van der Waals surface area (Å²) in [7, 11) is 0. The van der Waals surface area contributed by atoms with Crippen LogP contribution in [0.15, 0.2) is 120 Å². The summed E-state index contributed by atoms with van der Waals surface area (Å²) in [6.07, 6.45) is 8.98. The third-order valence-corrected chi connectivity index (χ3v) is 18.3. The van der Waals surface area contributed by atoms with E-state index in [2.05, 4.69) is 205 Å². The quantitative estimate of drug-likeness (QED) is 0.162. The van der Waals surface area contributed by atoms with Gasteiger partial charge in [0.1, 0.15) is 11.0 Å². The topological polar surface area (TPSA) is 24.6 Å². The highest BCUT2D eigenvalue weighted by atomic mass is 16.3. The fourth-order valence-electron chi connectivity index (χ4n) is 14.6. The molecule has 0 radical (unpaired) electrons. The molecule has 8 aromatic rings. The van der Waals surface area contributed by atoms with Crippen LogP contribution < -0.4 is 36.8 Å². The highest BCUT2D eigenvalue weighted by Crippen LogP contribution is 2.62. The molecule has 1 fully saturated rings. The molecule has 0 spiro atoms. The van der Waals surface area contributed by atoms with Crippen LogP contribution in [0.5, 0.6) is 0 Å². The Morgan fingerprint density at radius 2 is 1.35 bits per heavy atom. The van der Waals surface area contributed by atoms with E-state index >= 15 is 0 Å². The highest BCUT2D eigenvalue weighted by Gasteiger charge is 2.58. The van der Waals surface area contributed by atoms with E-state index in [-0.39, 0.29) is 33.9 Å². The van der Waals surface area contributed by atoms with Gasteiger partial charge >= 0.3 is 0 Å². The molecule has 14 rings (SSSR count). The Balaban J connectivity index is 1.17. The molecule has 2 aromatic heterocycles. The zero-order chi connectivity index (χ0) is 46.6. The van der Waals surface area contributed by atoms with Crippen LogP contribution in [-0.2, 0) is 21.7 Å². The lowest BCUT2D eigenvalue weighted by atomic mass is 9.33. The van der Waals surface area contributed by atoms with E-state index < -0.39 is 0 Å². The van der Waals surface area contributed by atoms with E-state index in [0.29, 0.717) is 0 Å². The maximum Gasteiger partial charge on any atom is 0.252 e. The zero-order valence-electron chi connectivity index (χ0n) is 41.6. The zero-order valence-corrected chi connectivity index (χ0v) is 41.6. The molecular weight excluding hydrogens is 826 g/mol. The second kappa shape index (κ2) is 13.1. The molecule has 5 heterocycles. The first-order valence-corrected chi connectivity index (χ1v) is 25.6. The van der Waals surface area contributed by atoms with Crippen LogP contribution in [0.2, 0.25) is 0 Å². The van der Waals surface area contributed by atoms with Gasteiger partial charge in [0.2, 0.25) is 0 Å². The molecule has 3 aliphatic heterocycles. The van der Waals surface area contributed by atoms with Crippen molar-refractivity contribution in [2.24, 2.45) is 0 Å². The number of fused-ring (bicyclic) bond motifs is 15. The van der Waals surface area contributed by atoms with E-state index in [0.717, 1.165) is 30.3 Å². The molecule has 0 bridgehead atoms. The molecule has 0 amide bonds. The first-order chi connectivity index (χ1) is 32.5. The van der Waals surface area contributed by atoms with Crippen molar-refractivity contribution in [3.63, 3.8) is 0 Å². The molecule has 0 saturated heterocycles. The van der Waals surface area contributed by atoms with Gasteiger partial charge in [0.05, 0.1) is 11.2 Å². The molecule has 5 heteroatoms. The number of hydrogen-bond acceptors (Lipinski definition) is 3. The second-order valence-electron chi connectivity index (χ2n) is 24.3. The number of hydrogen-bond donors (Lipinski definition) is 0. The maximum absolute atomic E-state index is 6.77. The Labute approximate surface area is 402 Å². The summed E-state index contributed by atoms with van der Waals surface area (Å²) in [5.74, 6) is 0. The van der Waals surface area contributed by atoms with E-state index in [1.54, 1.807) is 0 Å². The Morgan fingerprint density at radius 1 is 0.632 bits per heavy atom. The molecule has 338 valence electrons. The summed E-state index contributed by atoms with van der Waals surface area (Å²) in [6.45, 7) is 24.4. The minimum atomic E-state index is -0.163. The van der Waals surface area contributed by atoms with E-state index in [9.17, 15) is 0 Å². The van der Waals surface area contributed by atoms with E-state index in [1.165, 1.54) is 130 Å². The number of rotatable bonds is 2. The number of aromatic nitrogens is 1. The SMILES string of the molecule is CC(C)(C)c1ccc2c(c1)N(C1=c3c(oc4ccccc34)=CCC1)c1cc(N3c4ccc(C(C)(C)C)cc4C4(C)CCCCC34C)cc3c1B2c1cccc2c4c(n-3c12)-c1ccccc1C4(C)C. The Bertz CT molecular complexity index is 3700. The monoisotopic (exact) mass is 887 g/mol. The summed E-state index contributed by atoms with van der Waals surface area (Å²) in [4.78, 5) is 5.59. The number of benzene rings is 6. The van der Waals surface area contributed by atoms with Crippen LogP contribution in [0.3, 0.4) is 0 Å². The largest absolute Gasteiger partial charge is 0.456 e. The van der Waals surface area contributed by atoms with Gasteiger partial charge in [-0.3, -0.25) is 0 Å². The summed E-state index contributed by atoms with van der Waals surface area (Å²) < 4.78 is 9.52. The van der Waals surface area contributed by atoms with Crippen LogP contribution in [0.1, 0.15) is 136 Å². The molecular formula is C63H62BN3O. The minimum Gasteiger partial charge on any atom is -0.456 e. The lowest BCUT2D eigenvalue weighted by Crippen LogP contribution is -2.61. The van der Waals surface area contributed by atoms with E-state index in [1.807, 2.05) is 0 Å². The van der Waals surface area contributed by atoms with Gasteiger partial charge in [-0.15, -0.1) is 0 Å². The Kier molecular flexibility index (Phi) is 7.87. The summed E-state index contributed by atoms with van der Waals surface area (Å²) in [6, 6.07) is 45.5. The number of furan rings is 1. The summed E-state index contributed by atoms with van der Waals surface area (Å²) in [5.41, 5.74) is 25.0. The standard InChI is InChI=1S/C63H62BN3O/c1-59(2,3)37-28-30-47-44(33-37)62(9)31-15-16-32-63(62,10)67(47)39-35-50-56-51(36-39)66-57-42(55-58(66)40-19-11-13-22-43(40)61(55,7)8)21-17-23-46(57)64(56)45-29-27-38(60(4,5)6)34-49(45)65(50)48-24-18-26-53-54(48)41-20-12-14-25-52(41)68-53/h11-14,17,19-23,25-30,33-36H,15-16,18,24,31-32H2,1-10H3. The molecule has 3 aliphatic carbocycles. The normalized spacial score (nSPS) is 21.6. The van der Waals surface area contributed by atoms with Crippen LogP contribution in [0, 0.1) is 0 Å².